The third kappa shape index (κ3) is 4.07. The van der Waals surface area contributed by atoms with Gasteiger partial charge < -0.3 is 14.8 Å². The second-order valence-electron chi connectivity index (χ2n) is 4.35. The van der Waals surface area contributed by atoms with Crippen molar-refractivity contribution in [3.05, 3.63) is 46.3 Å². The van der Waals surface area contributed by atoms with Gasteiger partial charge in [0, 0.05) is 17.2 Å². The van der Waals surface area contributed by atoms with E-state index in [0.717, 1.165) is 12.0 Å². The van der Waals surface area contributed by atoms with Crippen LogP contribution in [0.15, 0.2) is 34.9 Å². The number of aromatic nitrogens is 1. The first-order valence-corrected chi connectivity index (χ1v) is 7.19. The number of anilines is 1. The summed E-state index contributed by atoms with van der Waals surface area (Å²) in [6.45, 7) is 0.570. The van der Waals surface area contributed by atoms with Crippen LogP contribution in [0.1, 0.15) is 5.56 Å². The van der Waals surface area contributed by atoms with E-state index < -0.39 is 0 Å². The van der Waals surface area contributed by atoms with Crippen LogP contribution >= 0.6 is 15.9 Å². The lowest BCUT2D eigenvalue weighted by molar-refractivity contribution is 0.354. The summed E-state index contributed by atoms with van der Waals surface area (Å²) in [6, 6.07) is 7.10. The number of nitrogens with zero attached hydrogens (tertiary/aromatic N) is 1. The van der Waals surface area contributed by atoms with Gasteiger partial charge in [0.1, 0.15) is 0 Å². The molecule has 0 amide bonds. The van der Waals surface area contributed by atoms with Crippen LogP contribution in [0.3, 0.4) is 0 Å². The lowest BCUT2D eigenvalue weighted by atomic mass is 10.1. The Hall–Kier alpha value is -1.82. The monoisotopic (exact) mass is 354 g/mol. The van der Waals surface area contributed by atoms with Gasteiger partial charge in [-0.3, -0.25) is 0 Å². The molecule has 1 aromatic heterocycles. The van der Waals surface area contributed by atoms with Crippen LogP contribution in [0.4, 0.5) is 10.2 Å². The highest BCUT2D eigenvalue weighted by molar-refractivity contribution is 9.10. The van der Waals surface area contributed by atoms with Crippen LogP contribution in [-0.4, -0.2) is 25.7 Å². The zero-order valence-corrected chi connectivity index (χ0v) is 13.4. The summed E-state index contributed by atoms with van der Waals surface area (Å²) >= 11 is 3.17. The molecule has 1 heterocycles. The number of hydrogen-bond donors (Lipinski definition) is 1. The molecule has 2 rings (SSSR count). The maximum atomic E-state index is 13.6. The summed E-state index contributed by atoms with van der Waals surface area (Å²) in [5, 5.41) is 2.98. The van der Waals surface area contributed by atoms with E-state index >= 15 is 0 Å². The summed E-state index contributed by atoms with van der Waals surface area (Å²) in [7, 11) is 3.20. The third-order valence-corrected chi connectivity index (χ3v) is 3.40. The van der Waals surface area contributed by atoms with E-state index in [9.17, 15) is 4.39 Å². The number of hydrogen-bond acceptors (Lipinski definition) is 4. The smallest absolute Gasteiger partial charge is 0.166 e. The van der Waals surface area contributed by atoms with Crippen molar-refractivity contribution in [3.8, 4) is 11.5 Å². The molecule has 1 N–H and O–H groups in total. The van der Waals surface area contributed by atoms with Gasteiger partial charge in [-0.15, -0.1) is 0 Å². The minimum atomic E-state index is -0.378. The van der Waals surface area contributed by atoms with Crippen LogP contribution < -0.4 is 14.8 Å². The van der Waals surface area contributed by atoms with Crippen molar-refractivity contribution < 1.29 is 13.9 Å². The molecule has 0 saturated heterocycles. The summed E-state index contributed by atoms with van der Waals surface area (Å²) in [4.78, 5) is 3.99. The van der Waals surface area contributed by atoms with E-state index in [0.29, 0.717) is 22.5 Å². The average Bonchev–Trinajstić information content (AvgIpc) is 2.49. The molecule has 0 unspecified atom stereocenters. The summed E-state index contributed by atoms with van der Waals surface area (Å²) in [6.07, 6.45) is 2.28. The minimum Gasteiger partial charge on any atom is -0.493 e. The molecule has 6 heteroatoms. The molecule has 0 aliphatic carbocycles. The first kappa shape index (κ1) is 15.6. The van der Waals surface area contributed by atoms with Gasteiger partial charge in [-0.25, -0.2) is 9.37 Å². The van der Waals surface area contributed by atoms with E-state index in [-0.39, 0.29) is 11.6 Å². The molecule has 1 aromatic carbocycles. The Balaban J connectivity index is 1.97. The van der Waals surface area contributed by atoms with Crippen LogP contribution in [0.25, 0.3) is 0 Å². The molecule has 0 bridgehead atoms. The Morgan fingerprint density at radius 1 is 1.19 bits per heavy atom. The molecule has 112 valence electrons. The van der Waals surface area contributed by atoms with E-state index in [1.54, 1.807) is 20.4 Å². The number of ether oxygens (including phenoxy) is 2. The normalized spacial score (nSPS) is 10.3. The van der Waals surface area contributed by atoms with Crippen LogP contribution in [0.2, 0.25) is 0 Å². The molecule has 0 atom stereocenters. The standard InChI is InChI=1S/C15H16BrFN2O2/c1-20-13-4-3-10(7-14(13)21-2)5-6-18-15-12(17)8-11(16)9-19-15/h3-4,7-9H,5-6H2,1-2H3,(H,18,19). The van der Waals surface area contributed by atoms with Crippen LogP contribution in [0, 0.1) is 5.82 Å². The van der Waals surface area contributed by atoms with E-state index in [1.807, 2.05) is 18.2 Å². The zero-order valence-electron chi connectivity index (χ0n) is 11.8. The minimum absolute atomic E-state index is 0.249. The van der Waals surface area contributed by atoms with Crippen molar-refractivity contribution >= 4 is 21.7 Å². The first-order valence-electron chi connectivity index (χ1n) is 6.40. The SMILES string of the molecule is COc1ccc(CCNc2ncc(Br)cc2F)cc1OC. The van der Waals surface area contributed by atoms with Gasteiger partial charge in [-0.05, 0) is 46.1 Å². The van der Waals surface area contributed by atoms with Crippen molar-refractivity contribution in [1.82, 2.24) is 4.98 Å². The van der Waals surface area contributed by atoms with Gasteiger partial charge in [0.2, 0.25) is 0 Å². The van der Waals surface area contributed by atoms with Gasteiger partial charge in [-0.1, -0.05) is 6.07 Å². The first-order chi connectivity index (χ1) is 10.1. The van der Waals surface area contributed by atoms with Gasteiger partial charge in [0.25, 0.3) is 0 Å². The molecule has 4 nitrogen and oxygen atoms in total. The van der Waals surface area contributed by atoms with Crippen molar-refractivity contribution in [2.75, 3.05) is 26.1 Å². The lowest BCUT2D eigenvalue weighted by Crippen LogP contribution is -2.08. The summed E-state index contributed by atoms with van der Waals surface area (Å²) < 4.78 is 24.7. The highest BCUT2D eigenvalue weighted by Gasteiger charge is 2.06. The predicted molar refractivity (Wildman–Crippen MR) is 83.6 cm³/mol. The van der Waals surface area contributed by atoms with E-state index in [1.165, 1.54) is 6.07 Å². The van der Waals surface area contributed by atoms with Crippen LogP contribution in [-0.2, 0) is 6.42 Å². The second-order valence-corrected chi connectivity index (χ2v) is 5.27. The maximum absolute atomic E-state index is 13.6. The topological polar surface area (TPSA) is 43.4 Å². The summed E-state index contributed by atoms with van der Waals surface area (Å²) in [5.74, 6) is 1.24. The van der Waals surface area contributed by atoms with Crippen molar-refractivity contribution in [2.24, 2.45) is 0 Å². The van der Waals surface area contributed by atoms with Gasteiger partial charge in [0.05, 0.1) is 14.2 Å². The highest BCUT2D eigenvalue weighted by atomic mass is 79.9. The van der Waals surface area contributed by atoms with Crippen LogP contribution in [0.5, 0.6) is 11.5 Å². The van der Waals surface area contributed by atoms with E-state index in [2.05, 4.69) is 26.2 Å². The largest absolute Gasteiger partial charge is 0.493 e. The Morgan fingerprint density at radius 3 is 2.62 bits per heavy atom. The molecule has 0 aliphatic heterocycles. The maximum Gasteiger partial charge on any atom is 0.166 e. The Labute approximate surface area is 131 Å². The number of nitrogens with one attached hydrogen (secondary N) is 1. The summed E-state index contributed by atoms with van der Waals surface area (Å²) in [5.41, 5.74) is 1.07. The van der Waals surface area contributed by atoms with Gasteiger partial charge in [0.15, 0.2) is 23.1 Å². The molecule has 0 fully saturated rings. The molecule has 0 aliphatic rings. The number of benzene rings is 1. The van der Waals surface area contributed by atoms with Crippen molar-refractivity contribution in [2.45, 2.75) is 6.42 Å². The molecule has 2 aromatic rings. The second kappa shape index (κ2) is 7.26. The fourth-order valence-electron chi connectivity index (χ4n) is 1.91. The molecule has 0 saturated carbocycles. The Morgan fingerprint density at radius 2 is 1.95 bits per heavy atom. The Kier molecular flexibility index (Phi) is 5.38. The number of rotatable bonds is 6. The quantitative estimate of drug-likeness (QED) is 0.859. The van der Waals surface area contributed by atoms with E-state index in [4.69, 9.17) is 9.47 Å². The Bertz CT molecular complexity index is 623. The molecular weight excluding hydrogens is 339 g/mol. The predicted octanol–water partition coefficient (Wildman–Crippen LogP) is 3.66. The molecular formula is C15H16BrFN2O2. The molecule has 0 radical (unpaired) electrons. The number of methoxy groups -OCH3 is 2. The average molecular weight is 355 g/mol. The van der Waals surface area contributed by atoms with Crippen molar-refractivity contribution in [3.63, 3.8) is 0 Å². The van der Waals surface area contributed by atoms with Crippen molar-refractivity contribution in [1.29, 1.82) is 0 Å². The highest BCUT2D eigenvalue weighted by Crippen LogP contribution is 2.27. The lowest BCUT2D eigenvalue weighted by Gasteiger charge is -2.10. The fraction of sp³-hybridized carbons (Fsp3) is 0.267. The van der Waals surface area contributed by atoms with Gasteiger partial charge in [-0.2, -0.15) is 0 Å². The molecule has 21 heavy (non-hydrogen) atoms. The molecule has 0 spiro atoms. The number of pyridine rings is 1. The zero-order chi connectivity index (χ0) is 15.2. The van der Waals surface area contributed by atoms with Gasteiger partial charge >= 0.3 is 0 Å². The number of halogens is 2. The third-order valence-electron chi connectivity index (χ3n) is 2.96. The fourth-order valence-corrected chi connectivity index (χ4v) is 2.21.